The summed E-state index contributed by atoms with van der Waals surface area (Å²) in [6, 6.07) is 14.1. The Labute approximate surface area is 157 Å². The number of primary amides is 1. The number of rotatable bonds is 5. The number of benzene rings is 2. The summed E-state index contributed by atoms with van der Waals surface area (Å²) >= 11 is 5.91. The average molecular weight is 372 g/mol. The number of carbonyl (C=O) groups is 2. The Bertz CT molecular complexity index is 792. The minimum Gasteiger partial charge on any atom is -0.352 e. The van der Waals surface area contributed by atoms with Crippen LogP contribution in [0.4, 0.5) is 4.79 Å². The second-order valence-electron chi connectivity index (χ2n) is 6.53. The van der Waals surface area contributed by atoms with E-state index in [1.54, 1.807) is 24.3 Å². The predicted octanol–water partition coefficient (Wildman–Crippen LogP) is 3.63. The molecule has 0 bridgehead atoms. The molecule has 2 atom stereocenters. The van der Waals surface area contributed by atoms with E-state index in [-0.39, 0.29) is 18.4 Å². The molecule has 0 aliphatic heterocycles. The Morgan fingerprint density at radius 1 is 1.15 bits per heavy atom. The summed E-state index contributed by atoms with van der Waals surface area (Å²) in [5.41, 5.74) is 8.53. The van der Waals surface area contributed by atoms with Crippen molar-refractivity contribution in [1.29, 1.82) is 0 Å². The van der Waals surface area contributed by atoms with E-state index in [0.29, 0.717) is 5.02 Å². The Kier molecular flexibility index (Phi) is 5.78. The number of halogens is 1. The van der Waals surface area contributed by atoms with Gasteiger partial charge in [0.2, 0.25) is 5.91 Å². The Morgan fingerprint density at radius 2 is 1.88 bits per heavy atom. The largest absolute Gasteiger partial charge is 0.352 e. The number of hydrogen-bond acceptors (Lipinski definition) is 2. The van der Waals surface area contributed by atoms with Gasteiger partial charge in [0.1, 0.15) is 0 Å². The van der Waals surface area contributed by atoms with Gasteiger partial charge in [0.25, 0.3) is 0 Å². The van der Waals surface area contributed by atoms with Crippen molar-refractivity contribution in [3.05, 3.63) is 70.2 Å². The number of aryl methyl sites for hydroxylation is 1. The molecule has 0 saturated carbocycles. The smallest absolute Gasteiger partial charge is 0.312 e. The standard InChI is InChI=1S/C20H22ClN3O2/c21-15-10-8-14(9-11-15)18(24-20(22)26)12-19(25)23-17-7-3-5-13-4-1-2-6-16(13)17/h1-2,4,6,8-11,17-18H,3,5,7,12H2,(H,23,25)(H3,22,24,26)/t17-,18-/m0/s1. The summed E-state index contributed by atoms with van der Waals surface area (Å²) in [5.74, 6) is -0.125. The first-order chi connectivity index (χ1) is 12.5. The number of hydrogen-bond donors (Lipinski definition) is 3. The molecule has 1 aliphatic carbocycles. The molecule has 0 saturated heterocycles. The van der Waals surface area contributed by atoms with Crippen molar-refractivity contribution in [2.24, 2.45) is 5.73 Å². The molecule has 136 valence electrons. The lowest BCUT2D eigenvalue weighted by Gasteiger charge is -2.27. The summed E-state index contributed by atoms with van der Waals surface area (Å²) in [6.45, 7) is 0. The van der Waals surface area contributed by atoms with E-state index in [2.05, 4.69) is 22.8 Å². The molecule has 0 radical (unpaired) electrons. The first-order valence-corrected chi connectivity index (χ1v) is 9.09. The maximum Gasteiger partial charge on any atom is 0.312 e. The fourth-order valence-electron chi connectivity index (χ4n) is 3.46. The van der Waals surface area contributed by atoms with E-state index in [4.69, 9.17) is 17.3 Å². The number of carbonyl (C=O) groups excluding carboxylic acids is 2. The van der Waals surface area contributed by atoms with Crippen molar-refractivity contribution >= 4 is 23.5 Å². The zero-order valence-electron chi connectivity index (χ0n) is 14.4. The van der Waals surface area contributed by atoms with Crippen LogP contribution in [0.15, 0.2) is 48.5 Å². The van der Waals surface area contributed by atoms with Crippen LogP contribution in [0.5, 0.6) is 0 Å². The van der Waals surface area contributed by atoms with Crippen LogP contribution in [-0.4, -0.2) is 11.9 Å². The first-order valence-electron chi connectivity index (χ1n) is 8.71. The molecule has 3 rings (SSSR count). The fourth-order valence-corrected chi connectivity index (χ4v) is 3.59. The van der Waals surface area contributed by atoms with Crippen LogP contribution in [0.25, 0.3) is 0 Å². The summed E-state index contributed by atoms with van der Waals surface area (Å²) in [7, 11) is 0. The first kappa shape index (κ1) is 18.3. The molecule has 26 heavy (non-hydrogen) atoms. The van der Waals surface area contributed by atoms with Crippen molar-refractivity contribution in [3.8, 4) is 0 Å². The van der Waals surface area contributed by atoms with Gasteiger partial charge in [-0.1, -0.05) is 48.0 Å². The van der Waals surface area contributed by atoms with Crippen molar-refractivity contribution in [1.82, 2.24) is 10.6 Å². The molecule has 0 spiro atoms. The summed E-state index contributed by atoms with van der Waals surface area (Å²) in [6.07, 6.45) is 3.11. The van der Waals surface area contributed by atoms with E-state index < -0.39 is 12.1 Å². The lowest BCUT2D eigenvalue weighted by atomic mass is 9.87. The summed E-state index contributed by atoms with van der Waals surface area (Å²) in [4.78, 5) is 24.0. The van der Waals surface area contributed by atoms with Crippen molar-refractivity contribution in [3.63, 3.8) is 0 Å². The van der Waals surface area contributed by atoms with Crippen LogP contribution < -0.4 is 16.4 Å². The van der Waals surface area contributed by atoms with E-state index in [1.165, 1.54) is 11.1 Å². The van der Waals surface area contributed by atoms with Crippen molar-refractivity contribution in [2.45, 2.75) is 37.8 Å². The zero-order valence-corrected chi connectivity index (χ0v) is 15.1. The van der Waals surface area contributed by atoms with Crippen molar-refractivity contribution in [2.75, 3.05) is 0 Å². The highest BCUT2D eigenvalue weighted by Crippen LogP contribution is 2.30. The van der Waals surface area contributed by atoms with Crippen LogP contribution in [0.3, 0.4) is 0 Å². The minimum atomic E-state index is -0.666. The van der Waals surface area contributed by atoms with Gasteiger partial charge in [0.05, 0.1) is 18.5 Å². The maximum atomic E-state index is 12.6. The SMILES string of the molecule is NC(=O)N[C@@H](CC(=O)N[C@H]1CCCc2ccccc21)c1ccc(Cl)cc1. The normalized spacial score (nSPS) is 17.0. The van der Waals surface area contributed by atoms with E-state index in [9.17, 15) is 9.59 Å². The highest BCUT2D eigenvalue weighted by molar-refractivity contribution is 6.30. The third-order valence-corrected chi connectivity index (χ3v) is 4.94. The van der Waals surface area contributed by atoms with Gasteiger partial charge in [-0.05, 0) is 48.1 Å². The Hall–Kier alpha value is -2.53. The molecule has 2 aromatic rings. The van der Waals surface area contributed by atoms with Crippen LogP contribution >= 0.6 is 11.6 Å². The predicted molar refractivity (Wildman–Crippen MR) is 102 cm³/mol. The lowest BCUT2D eigenvalue weighted by molar-refractivity contribution is -0.122. The topological polar surface area (TPSA) is 84.2 Å². The number of nitrogens with one attached hydrogen (secondary N) is 2. The van der Waals surface area contributed by atoms with Crippen LogP contribution in [0.1, 0.15) is 48.0 Å². The fraction of sp³-hybridized carbons (Fsp3) is 0.300. The third-order valence-electron chi connectivity index (χ3n) is 4.68. The third kappa shape index (κ3) is 4.55. The molecular weight excluding hydrogens is 350 g/mol. The summed E-state index contributed by atoms with van der Waals surface area (Å²) < 4.78 is 0. The van der Waals surface area contributed by atoms with Gasteiger partial charge < -0.3 is 16.4 Å². The molecule has 0 fully saturated rings. The van der Waals surface area contributed by atoms with Gasteiger partial charge in [-0.15, -0.1) is 0 Å². The second kappa shape index (κ2) is 8.23. The Balaban J connectivity index is 1.70. The van der Waals surface area contributed by atoms with E-state index in [1.807, 2.05) is 12.1 Å². The van der Waals surface area contributed by atoms with Gasteiger partial charge in [-0.2, -0.15) is 0 Å². The number of fused-ring (bicyclic) bond motifs is 1. The molecule has 0 heterocycles. The van der Waals surface area contributed by atoms with Crippen molar-refractivity contribution < 1.29 is 9.59 Å². The molecule has 2 aromatic carbocycles. The number of amides is 3. The van der Waals surface area contributed by atoms with Gasteiger partial charge >= 0.3 is 6.03 Å². The molecule has 0 unspecified atom stereocenters. The van der Waals surface area contributed by atoms with Gasteiger partial charge in [0, 0.05) is 5.02 Å². The quantitative estimate of drug-likeness (QED) is 0.749. The molecule has 3 amide bonds. The Morgan fingerprint density at radius 3 is 2.62 bits per heavy atom. The minimum absolute atomic E-state index is 0.00639. The van der Waals surface area contributed by atoms with Crippen LogP contribution in [-0.2, 0) is 11.2 Å². The van der Waals surface area contributed by atoms with Gasteiger partial charge in [-0.3, -0.25) is 4.79 Å². The summed E-state index contributed by atoms with van der Waals surface area (Å²) in [5, 5.41) is 6.33. The zero-order chi connectivity index (χ0) is 18.5. The molecular formula is C20H22ClN3O2. The molecule has 4 N–H and O–H groups in total. The lowest BCUT2D eigenvalue weighted by Crippen LogP contribution is -2.38. The average Bonchev–Trinajstić information content (AvgIpc) is 2.62. The van der Waals surface area contributed by atoms with Crippen LogP contribution in [0.2, 0.25) is 5.02 Å². The van der Waals surface area contributed by atoms with Gasteiger partial charge in [-0.25, -0.2) is 4.79 Å². The molecule has 1 aliphatic rings. The molecule has 0 aromatic heterocycles. The highest BCUT2D eigenvalue weighted by Gasteiger charge is 2.23. The van der Waals surface area contributed by atoms with E-state index in [0.717, 1.165) is 24.8 Å². The second-order valence-corrected chi connectivity index (χ2v) is 6.96. The number of nitrogens with two attached hydrogens (primary N) is 1. The maximum absolute atomic E-state index is 12.6. The highest BCUT2D eigenvalue weighted by atomic mass is 35.5. The van der Waals surface area contributed by atoms with E-state index >= 15 is 0 Å². The molecule has 5 nitrogen and oxygen atoms in total. The molecule has 6 heteroatoms. The van der Waals surface area contributed by atoms with Crippen LogP contribution in [0, 0.1) is 0 Å². The van der Waals surface area contributed by atoms with Gasteiger partial charge in [0.15, 0.2) is 0 Å². The number of urea groups is 1. The monoisotopic (exact) mass is 371 g/mol.